The van der Waals surface area contributed by atoms with E-state index in [0.717, 1.165) is 21.8 Å². The van der Waals surface area contributed by atoms with Gasteiger partial charge >= 0.3 is 0 Å². The van der Waals surface area contributed by atoms with Gasteiger partial charge in [-0.25, -0.2) is 4.98 Å². The summed E-state index contributed by atoms with van der Waals surface area (Å²) in [6, 6.07) is 2.05. The van der Waals surface area contributed by atoms with E-state index in [-0.39, 0.29) is 0 Å². The minimum absolute atomic E-state index is 0.363. The first-order valence-electron chi connectivity index (χ1n) is 4.90. The quantitative estimate of drug-likeness (QED) is 0.834. The second-order valence-electron chi connectivity index (χ2n) is 3.53. The van der Waals surface area contributed by atoms with Crippen LogP contribution in [0.25, 0.3) is 10.6 Å². The Morgan fingerprint density at radius 2 is 2.31 bits per heavy atom. The third-order valence-corrected chi connectivity index (χ3v) is 5.15. The van der Waals surface area contributed by atoms with Crippen molar-refractivity contribution >= 4 is 38.6 Å². The van der Waals surface area contributed by atoms with Gasteiger partial charge in [0, 0.05) is 22.9 Å². The van der Waals surface area contributed by atoms with Gasteiger partial charge in [0.25, 0.3) is 0 Å². The van der Waals surface area contributed by atoms with E-state index in [1.807, 2.05) is 0 Å². The number of hydrogen-bond acceptors (Lipinski definition) is 4. The summed E-state index contributed by atoms with van der Waals surface area (Å²) in [5, 5.41) is 5.31. The van der Waals surface area contributed by atoms with Crippen LogP contribution in [-0.2, 0) is 4.74 Å². The molecule has 0 unspecified atom stereocenters. The highest BCUT2D eigenvalue weighted by atomic mass is 79.9. The van der Waals surface area contributed by atoms with Gasteiger partial charge in [0.2, 0.25) is 0 Å². The molecule has 2 rings (SSSR count). The lowest BCUT2D eigenvalue weighted by atomic mass is 10.2. The molecule has 2 nitrogen and oxygen atoms in total. The van der Waals surface area contributed by atoms with Crippen LogP contribution < -0.4 is 0 Å². The van der Waals surface area contributed by atoms with Gasteiger partial charge < -0.3 is 4.74 Å². The summed E-state index contributed by atoms with van der Waals surface area (Å²) in [6.07, 6.45) is 0. The normalized spacial score (nSPS) is 12.9. The summed E-state index contributed by atoms with van der Waals surface area (Å²) in [4.78, 5) is 5.85. The molecule has 0 aliphatic heterocycles. The first-order valence-corrected chi connectivity index (χ1v) is 7.45. The van der Waals surface area contributed by atoms with E-state index in [1.54, 1.807) is 29.8 Å². The number of nitrogens with zero attached hydrogens (tertiary/aromatic N) is 1. The zero-order valence-corrected chi connectivity index (χ0v) is 12.3. The lowest BCUT2D eigenvalue weighted by molar-refractivity contribution is 0.184. The van der Waals surface area contributed by atoms with E-state index in [9.17, 15) is 0 Å². The fourth-order valence-electron chi connectivity index (χ4n) is 1.42. The molecule has 0 saturated carbocycles. The Balaban J connectivity index is 2.23. The largest absolute Gasteiger partial charge is 0.384 e. The predicted molar refractivity (Wildman–Crippen MR) is 73.4 cm³/mol. The highest BCUT2D eigenvalue weighted by molar-refractivity contribution is 9.10. The van der Waals surface area contributed by atoms with E-state index >= 15 is 0 Å². The molecule has 0 spiro atoms. The Hall–Kier alpha value is -0.230. The van der Waals surface area contributed by atoms with Crippen LogP contribution in [-0.4, -0.2) is 18.7 Å². The molecule has 0 fully saturated rings. The lowest BCUT2D eigenvalue weighted by Crippen LogP contribution is -2.00. The Labute approximate surface area is 111 Å². The van der Waals surface area contributed by atoms with Gasteiger partial charge in [-0.2, -0.15) is 0 Å². The van der Waals surface area contributed by atoms with Crippen LogP contribution in [0.15, 0.2) is 21.3 Å². The second kappa shape index (κ2) is 5.40. The molecule has 2 heterocycles. The molecular weight excluding hydrogens is 306 g/mol. The van der Waals surface area contributed by atoms with Gasteiger partial charge in [0.15, 0.2) is 0 Å². The van der Waals surface area contributed by atoms with Crippen LogP contribution in [0.1, 0.15) is 17.8 Å². The zero-order chi connectivity index (χ0) is 11.5. The minimum atomic E-state index is 0.363. The molecule has 86 valence electrons. The Bertz CT molecular complexity index is 466. The van der Waals surface area contributed by atoms with Gasteiger partial charge in [0.05, 0.1) is 22.2 Å². The summed E-state index contributed by atoms with van der Waals surface area (Å²) in [7, 11) is 1.72. The van der Waals surface area contributed by atoms with Crippen molar-refractivity contribution in [3.8, 4) is 10.6 Å². The molecule has 1 atom stereocenters. The van der Waals surface area contributed by atoms with Crippen molar-refractivity contribution in [2.75, 3.05) is 13.7 Å². The molecule has 0 aliphatic rings. The number of thiophene rings is 1. The number of methoxy groups -OCH3 is 1. The molecule has 0 bridgehead atoms. The van der Waals surface area contributed by atoms with Crippen LogP contribution in [0.3, 0.4) is 0 Å². The van der Waals surface area contributed by atoms with E-state index < -0.39 is 0 Å². The van der Waals surface area contributed by atoms with Crippen molar-refractivity contribution in [1.29, 1.82) is 0 Å². The third-order valence-electron chi connectivity index (χ3n) is 2.21. The second-order valence-corrected chi connectivity index (χ2v) is 6.19. The van der Waals surface area contributed by atoms with Crippen molar-refractivity contribution in [3.05, 3.63) is 26.3 Å². The number of thiazole rings is 1. The SMILES string of the molecule is COC[C@@H](C)c1nc(-c2sccc2Br)cs1. The van der Waals surface area contributed by atoms with E-state index in [0.29, 0.717) is 5.92 Å². The molecule has 5 heteroatoms. The maximum atomic E-state index is 5.14. The summed E-state index contributed by atoms with van der Waals surface area (Å²) >= 11 is 6.94. The van der Waals surface area contributed by atoms with Gasteiger partial charge in [-0.15, -0.1) is 22.7 Å². The molecule has 0 radical (unpaired) electrons. The molecule has 0 aromatic carbocycles. The van der Waals surface area contributed by atoms with Gasteiger partial charge in [-0.1, -0.05) is 6.92 Å². The standard InChI is InChI=1S/C11H12BrNOS2/c1-7(5-14-2)11-13-9(6-16-11)10-8(12)3-4-15-10/h3-4,6-7H,5H2,1-2H3/t7-/m1/s1. The molecule has 0 saturated heterocycles. The molecule has 0 amide bonds. The van der Waals surface area contributed by atoms with Crippen molar-refractivity contribution in [1.82, 2.24) is 4.98 Å². The number of rotatable bonds is 4. The summed E-state index contributed by atoms with van der Waals surface area (Å²) < 4.78 is 6.26. The summed E-state index contributed by atoms with van der Waals surface area (Å²) in [5.41, 5.74) is 1.06. The smallest absolute Gasteiger partial charge is 0.0984 e. The molecule has 2 aromatic rings. The van der Waals surface area contributed by atoms with E-state index in [1.165, 1.54) is 4.88 Å². The highest BCUT2D eigenvalue weighted by Gasteiger charge is 2.13. The Kier molecular flexibility index (Phi) is 4.13. The van der Waals surface area contributed by atoms with Crippen molar-refractivity contribution in [2.24, 2.45) is 0 Å². The van der Waals surface area contributed by atoms with Gasteiger partial charge in [0.1, 0.15) is 0 Å². The van der Waals surface area contributed by atoms with Crippen molar-refractivity contribution in [2.45, 2.75) is 12.8 Å². The average molecular weight is 318 g/mol. The molecule has 16 heavy (non-hydrogen) atoms. The Morgan fingerprint density at radius 3 is 2.94 bits per heavy atom. The average Bonchev–Trinajstić information content (AvgIpc) is 2.86. The molecule has 0 N–H and O–H groups in total. The monoisotopic (exact) mass is 317 g/mol. The van der Waals surface area contributed by atoms with Crippen LogP contribution in [0.5, 0.6) is 0 Å². The van der Waals surface area contributed by atoms with Gasteiger partial charge in [-0.05, 0) is 27.4 Å². The number of ether oxygens (including phenoxy) is 1. The predicted octanol–water partition coefficient (Wildman–Crippen LogP) is 4.38. The maximum absolute atomic E-state index is 5.14. The lowest BCUT2D eigenvalue weighted by Gasteiger charge is -2.05. The van der Waals surface area contributed by atoms with Crippen molar-refractivity contribution < 1.29 is 4.74 Å². The van der Waals surface area contributed by atoms with Gasteiger partial charge in [-0.3, -0.25) is 0 Å². The van der Waals surface area contributed by atoms with Crippen LogP contribution in [0.4, 0.5) is 0 Å². The Morgan fingerprint density at radius 1 is 1.50 bits per heavy atom. The topological polar surface area (TPSA) is 22.1 Å². The molecule has 0 aliphatic carbocycles. The number of aromatic nitrogens is 1. The first-order chi connectivity index (χ1) is 7.72. The highest BCUT2D eigenvalue weighted by Crippen LogP contribution is 2.35. The van der Waals surface area contributed by atoms with Crippen LogP contribution >= 0.6 is 38.6 Å². The fourth-order valence-corrected chi connectivity index (χ4v) is 3.88. The molecular formula is C11H12BrNOS2. The number of hydrogen-bond donors (Lipinski definition) is 0. The van der Waals surface area contributed by atoms with E-state index in [4.69, 9.17) is 4.74 Å². The first kappa shape index (κ1) is 12.2. The maximum Gasteiger partial charge on any atom is 0.0984 e. The number of halogens is 1. The third kappa shape index (κ3) is 2.53. The molecule has 2 aromatic heterocycles. The zero-order valence-electron chi connectivity index (χ0n) is 9.07. The fraction of sp³-hybridized carbons (Fsp3) is 0.364. The van der Waals surface area contributed by atoms with Crippen LogP contribution in [0.2, 0.25) is 0 Å². The van der Waals surface area contributed by atoms with Crippen molar-refractivity contribution in [3.63, 3.8) is 0 Å². The summed E-state index contributed by atoms with van der Waals surface area (Å²) in [5.74, 6) is 0.363. The summed E-state index contributed by atoms with van der Waals surface area (Å²) in [6.45, 7) is 2.86. The van der Waals surface area contributed by atoms with E-state index in [2.05, 4.69) is 44.7 Å². The van der Waals surface area contributed by atoms with Crippen LogP contribution in [0, 0.1) is 0 Å². The minimum Gasteiger partial charge on any atom is -0.384 e.